The number of esters is 1. The second kappa shape index (κ2) is 3.64. The van der Waals surface area contributed by atoms with Gasteiger partial charge in [0.05, 0.1) is 12.1 Å². The lowest BCUT2D eigenvalue weighted by Crippen LogP contribution is -2.41. The summed E-state index contributed by atoms with van der Waals surface area (Å²) in [5, 5.41) is 0. The summed E-state index contributed by atoms with van der Waals surface area (Å²) in [6, 6.07) is 0. The van der Waals surface area contributed by atoms with Crippen molar-refractivity contribution in [1.82, 2.24) is 4.90 Å². The SMILES string of the molecule is CCOC(=O)C1C(=O)N(C)C(C)(C)C1=O. The minimum absolute atomic E-state index is 0.167. The van der Waals surface area contributed by atoms with Crippen LogP contribution >= 0.6 is 0 Å². The minimum Gasteiger partial charge on any atom is -0.465 e. The van der Waals surface area contributed by atoms with Gasteiger partial charge in [0.2, 0.25) is 5.91 Å². The first-order valence-electron chi connectivity index (χ1n) is 4.82. The molecule has 1 atom stereocenters. The van der Waals surface area contributed by atoms with Gasteiger partial charge in [0.15, 0.2) is 11.7 Å². The standard InChI is InChI=1S/C10H15NO4/c1-5-15-9(14)6-7(12)10(2,3)11(4)8(6)13/h6H,5H2,1-4H3. The van der Waals surface area contributed by atoms with Crippen LogP contribution in [0, 0.1) is 5.92 Å². The summed E-state index contributed by atoms with van der Waals surface area (Å²) in [5.74, 6) is -2.90. The van der Waals surface area contributed by atoms with E-state index in [1.165, 1.54) is 11.9 Å². The Bertz CT molecular complexity index is 321. The van der Waals surface area contributed by atoms with E-state index in [1.54, 1.807) is 20.8 Å². The Kier molecular flexibility index (Phi) is 2.83. The first kappa shape index (κ1) is 11.7. The molecule has 0 aromatic rings. The van der Waals surface area contributed by atoms with Crippen LogP contribution in [-0.4, -0.2) is 41.8 Å². The fourth-order valence-electron chi connectivity index (χ4n) is 1.53. The number of ketones is 1. The average molecular weight is 213 g/mol. The maximum Gasteiger partial charge on any atom is 0.326 e. The van der Waals surface area contributed by atoms with Crippen LogP contribution in [0.2, 0.25) is 0 Å². The molecule has 5 heteroatoms. The number of rotatable bonds is 2. The Morgan fingerprint density at radius 3 is 2.33 bits per heavy atom. The Labute approximate surface area is 88.4 Å². The van der Waals surface area contributed by atoms with Crippen LogP contribution in [0.4, 0.5) is 0 Å². The predicted octanol–water partition coefficient (Wildman–Crippen LogP) is -0.0146. The summed E-state index contributed by atoms with van der Waals surface area (Å²) in [6.07, 6.45) is 0. The summed E-state index contributed by atoms with van der Waals surface area (Å²) in [7, 11) is 1.51. The lowest BCUT2D eigenvalue weighted by molar-refractivity contribution is -0.153. The molecule has 84 valence electrons. The number of Topliss-reactive ketones (excluding diaryl/α,β-unsaturated/α-hetero) is 1. The van der Waals surface area contributed by atoms with E-state index in [4.69, 9.17) is 4.74 Å². The number of hydrogen-bond acceptors (Lipinski definition) is 4. The molecule has 1 unspecified atom stereocenters. The minimum atomic E-state index is -1.27. The molecule has 0 N–H and O–H groups in total. The van der Waals surface area contributed by atoms with Crippen LogP contribution < -0.4 is 0 Å². The number of nitrogens with zero attached hydrogens (tertiary/aromatic N) is 1. The molecule has 1 aliphatic heterocycles. The lowest BCUT2D eigenvalue weighted by atomic mass is 9.94. The Hall–Kier alpha value is -1.39. The summed E-state index contributed by atoms with van der Waals surface area (Å²) in [4.78, 5) is 36.2. The maximum absolute atomic E-state index is 11.8. The number of hydrogen-bond donors (Lipinski definition) is 0. The highest BCUT2D eigenvalue weighted by atomic mass is 16.5. The molecule has 1 amide bonds. The van der Waals surface area contributed by atoms with E-state index in [-0.39, 0.29) is 6.61 Å². The zero-order chi connectivity index (χ0) is 11.8. The topological polar surface area (TPSA) is 63.7 Å². The molecule has 0 bridgehead atoms. The van der Waals surface area contributed by atoms with Crippen LogP contribution in [0.3, 0.4) is 0 Å². The maximum atomic E-state index is 11.8. The van der Waals surface area contributed by atoms with Crippen molar-refractivity contribution < 1.29 is 19.1 Å². The normalized spacial score (nSPS) is 24.5. The van der Waals surface area contributed by atoms with Gasteiger partial charge < -0.3 is 9.64 Å². The molecule has 0 aromatic heterocycles. The molecule has 1 aliphatic rings. The third-order valence-electron chi connectivity index (χ3n) is 2.80. The third-order valence-corrected chi connectivity index (χ3v) is 2.80. The van der Waals surface area contributed by atoms with Crippen LogP contribution in [0.15, 0.2) is 0 Å². The van der Waals surface area contributed by atoms with Crippen molar-refractivity contribution >= 4 is 17.7 Å². The van der Waals surface area contributed by atoms with Gasteiger partial charge in [-0.2, -0.15) is 0 Å². The lowest BCUT2D eigenvalue weighted by Gasteiger charge is -2.24. The van der Waals surface area contributed by atoms with Crippen molar-refractivity contribution in [2.24, 2.45) is 5.92 Å². The van der Waals surface area contributed by atoms with Gasteiger partial charge in [-0.3, -0.25) is 14.4 Å². The summed E-state index contributed by atoms with van der Waals surface area (Å²) in [5.41, 5.74) is -0.922. The van der Waals surface area contributed by atoms with Crippen molar-refractivity contribution in [3.63, 3.8) is 0 Å². The molecule has 1 fully saturated rings. The van der Waals surface area contributed by atoms with Crippen molar-refractivity contribution in [2.45, 2.75) is 26.3 Å². The van der Waals surface area contributed by atoms with Crippen LogP contribution in [-0.2, 0) is 19.1 Å². The van der Waals surface area contributed by atoms with Gasteiger partial charge in [-0.05, 0) is 20.8 Å². The Morgan fingerprint density at radius 1 is 1.47 bits per heavy atom. The predicted molar refractivity (Wildman–Crippen MR) is 52.0 cm³/mol. The molecular formula is C10H15NO4. The second-order valence-corrected chi connectivity index (χ2v) is 4.01. The van der Waals surface area contributed by atoms with E-state index in [0.717, 1.165) is 0 Å². The number of carbonyl (C=O) groups excluding carboxylic acids is 3. The van der Waals surface area contributed by atoms with Gasteiger partial charge in [-0.25, -0.2) is 0 Å². The van der Waals surface area contributed by atoms with Crippen LogP contribution in [0.25, 0.3) is 0 Å². The van der Waals surface area contributed by atoms with Gasteiger partial charge >= 0.3 is 5.97 Å². The van der Waals surface area contributed by atoms with E-state index in [1.807, 2.05) is 0 Å². The molecule has 0 saturated carbocycles. The van der Waals surface area contributed by atoms with Crippen LogP contribution in [0.5, 0.6) is 0 Å². The van der Waals surface area contributed by atoms with Crippen molar-refractivity contribution in [3.05, 3.63) is 0 Å². The molecule has 15 heavy (non-hydrogen) atoms. The summed E-state index contributed by atoms with van der Waals surface area (Å²) >= 11 is 0. The number of ether oxygens (including phenoxy) is 1. The number of amides is 1. The van der Waals surface area contributed by atoms with Gasteiger partial charge in [0.25, 0.3) is 0 Å². The number of likely N-dealkylation sites (tertiary alicyclic amines) is 1. The van der Waals surface area contributed by atoms with E-state index in [2.05, 4.69) is 0 Å². The first-order chi connectivity index (χ1) is 6.84. The molecular weight excluding hydrogens is 198 g/mol. The molecule has 0 aromatic carbocycles. The Balaban J connectivity index is 2.98. The van der Waals surface area contributed by atoms with Gasteiger partial charge in [-0.15, -0.1) is 0 Å². The molecule has 1 heterocycles. The molecule has 5 nitrogen and oxygen atoms in total. The Morgan fingerprint density at radius 2 is 2.00 bits per heavy atom. The van der Waals surface area contributed by atoms with E-state index >= 15 is 0 Å². The summed E-state index contributed by atoms with van der Waals surface area (Å²) < 4.78 is 4.70. The largest absolute Gasteiger partial charge is 0.465 e. The third kappa shape index (κ3) is 1.62. The number of carbonyl (C=O) groups is 3. The molecule has 0 radical (unpaired) electrons. The molecule has 1 saturated heterocycles. The second-order valence-electron chi connectivity index (χ2n) is 4.01. The average Bonchev–Trinajstić information content (AvgIpc) is 2.29. The molecule has 1 rings (SSSR count). The van der Waals surface area contributed by atoms with E-state index in [0.29, 0.717) is 0 Å². The van der Waals surface area contributed by atoms with E-state index < -0.39 is 29.1 Å². The zero-order valence-corrected chi connectivity index (χ0v) is 9.36. The highest BCUT2D eigenvalue weighted by molar-refractivity contribution is 6.23. The smallest absolute Gasteiger partial charge is 0.326 e. The number of likely N-dealkylation sites (N-methyl/N-ethyl adjacent to an activating group) is 1. The van der Waals surface area contributed by atoms with Gasteiger partial charge in [-0.1, -0.05) is 0 Å². The highest BCUT2D eigenvalue weighted by Crippen LogP contribution is 2.29. The van der Waals surface area contributed by atoms with Crippen molar-refractivity contribution in [2.75, 3.05) is 13.7 Å². The van der Waals surface area contributed by atoms with Crippen molar-refractivity contribution in [3.8, 4) is 0 Å². The van der Waals surface area contributed by atoms with Crippen molar-refractivity contribution in [1.29, 1.82) is 0 Å². The zero-order valence-electron chi connectivity index (χ0n) is 9.36. The van der Waals surface area contributed by atoms with Gasteiger partial charge in [0.1, 0.15) is 0 Å². The highest BCUT2D eigenvalue weighted by Gasteiger charge is 2.54. The fraction of sp³-hybridized carbons (Fsp3) is 0.700. The van der Waals surface area contributed by atoms with E-state index in [9.17, 15) is 14.4 Å². The molecule has 0 aliphatic carbocycles. The summed E-state index contributed by atoms with van der Waals surface area (Å²) in [6.45, 7) is 5.04. The molecule has 0 spiro atoms. The quantitative estimate of drug-likeness (QED) is 0.478. The first-order valence-corrected chi connectivity index (χ1v) is 4.82. The van der Waals surface area contributed by atoms with Gasteiger partial charge in [0, 0.05) is 7.05 Å². The fourth-order valence-corrected chi connectivity index (χ4v) is 1.53. The monoisotopic (exact) mass is 213 g/mol. The van der Waals surface area contributed by atoms with Crippen LogP contribution in [0.1, 0.15) is 20.8 Å².